The summed E-state index contributed by atoms with van der Waals surface area (Å²) < 4.78 is 0. The lowest BCUT2D eigenvalue weighted by atomic mass is 9.95. The van der Waals surface area contributed by atoms with E-state index in [2.05, 4.69) is 48.3 Å². The third-order valence-corrected chi connectivity index (χ3v) is 5.81. The molecule has 0 unspecified atom stereocenters. The molecule has 1 fully saturated rings. The Bertz CT molecular complexity index is 764. The topological polar surface area (TPSA) is 32.3 Å². The summed E-state index contributed by atoms with van der Waals surface area (Å²) in [6, 6.07) is 16.7. The van der Waals surface area contributed by atoms with Gasteiger partial charge in [0.05, 0.1) is 0 Å². The summed E-state index contributed by atoms with van der Waals surface area (Å²) in [5, 5.41) is 3.76. The molecule has 1 N–H and O–H groups in total. The zero-order valence-electron chi connectivity index (χ0n) is 17.0. The number of nitrogens with one attached hydrogen (secondary N) is 1. The van der Waals surface area contributed by atoms with Gasteiger partial charge in [-0.1, -0.05) is 67.9 Å². The van der Waals surface area contributed by atoms with Gasteiger partial charge in [0, 0.05) is 24.0 Å². The zero-order valence-corrected chi connectivity index (χ0v) is 17.7. The number of likely N-dealkylation sites (tertiary alicyclic amines) is 1. The molecule has 0 aliphatic carbocycles. The predicted octanol–water partition coefficient (Wildman–Crippen LogP) is 5.07. The molecule has 0 aromatic heterocycles. The van der Waals surface area contributed by atoms with E-state index in [-0.39, 0.29) is 11.8 Å². The molecule has 0 atom stereocenters. The average Bonchev–Trinajstić information content (AvgIpc) is 2.69. The molecule has 3 nitrogen and oxygen atoms in total. The van der Waals surface area contributed by atoms with Gasteiger partial charge in [0.1, 0.15) is 0 Å². The third-order valence-electron chi connectivity index (χ3n) is 5.44. The van der Waals surface area contributed by atoms with Crippen LogP contribution in [0.1, 0.15) is 43.4 Å². The van der Waals surface area contributed by atoms with Crippen molar-refractivity contribution in [3.63, 3.8) is 0 Å². The van der Waals surface area contributed by atoms with E-state index in [4.69, 9.17) is 11.6 Å². The highest BCUT2D eigenvalue weighted by molar-refractivity contribution is 6.31. The Morgan fingerprint density at radius 1 is 1.07 bits per heavy atom. The molecule has 4 heteroatoms. The van der Waals surface area contributed by atoms with Crippen molar-refractivity contribution in [1.82, 2.24) is 10.2 Å². The van der Waals surface area contributed by atoms with Crippen molar-refractivity contribution in [1.29, 1.82) is 0 Å². The van der Waals surface area contributed by atoms with Crippen molar-refractivity contribution in [2.75, 3.05) is 13.1 Å². The van der Waals surface area contributed by atoms with E-state index in [0.717, 1.165) is 44.5 Å². The highest BCUT2D eigenvalue weighted by atomic mass is 35.5. The van der Waals surface area contributed by atoms with Gasteiger partial charge in [0.15, 0.2) is 0 Å². The summed E-state index contributed by atoms with van der Waals surface area (Å²) in [6.45, 7) is 7.92. The van der Waals surface area contributed by atoms with Crippen LogP contribution in [0.2, 0.25) is 5.02 Å². The second-order valence-electron chi connectivity index (χ2n) is 8.27. The van der Waals surface area contributed by atoms with Crippen molar-refractivity contribution in [3.05, 3.63) is 70.2 Å². The van der Waals surface area contributed by atoms with Crippen LogP contribution in [-0.4, -0.2) is 23.9 Å². The molecular weight excluding hydrogens is 368 g/mol. The van der Waals surface area contributed by atoms with E-state index in [1.165, 1.54) is 11.1 Å². The number of nitrogens with zero attached hydrogens (tertiary/aromatic N) is 1. The fourth-order valence-corrected chi connectivity index (χ4v) is 4.03. The van der Waals surface area contributed by atoms with E-state index in [0.29, 0.717) is 17.5 Å². The molecule has 150 valence electrons. The largest absolute Gasteiger partial charge is 0.352 e. The first kappa shape index (κ1) is 20.9. The first-order chi connectivity index (χ1) is 13.5. The number of carbonyl (C=O) groups excluding carboxylic acids is 1. The van der Waals surface area contributed by atoms with Crippen molar-refractivity contribution in [2.45, 2.75) is 46.2 Å². The maximum atomic E-state index is 12.5. The Kier molecular flexibility index (Phi) is 7.52. The highest BCUT2D eigenvalue weighted by Gasteiger charge is 2.24. The van der Waals surface area contributed by atoms with E-state index < -0.39 is 0 Å². The Morgan fingerprint density at radius 2 is 1.71 bits per heavy atom. The third kappa shape index (κ3) is 6.08. The molecule has 2 aromatic rings. The number of carbonyl (C=O) groups is 1. The molecule has 1 amide bonds. The standard InChI is InChI=1S/C24H31ClN2O/c1-18(2)15-19-7-9-20(10-8-19)17-27-13-11-21(12-14-27)24(28)26-16-22-5-3-4-6-23(22)25/h3-10,18,21H,11-17H2,1-2H3,(H,26,28). The minimum absolute atomic E-state index is 0.104. The van der Waals surface area contributed by atoms with Gasteiger partial charge in [-0.15, -0.1) is 0 Å². The molecule has 1 aliphatic heterocycles. The number of halogens is 1. The molecular formula is C24H31ClN2O. The maximum absolute atomic E-state index is 12.5. The number of hydrogen-bond acceptors (Lipinski definition) is 2. The minimum Gasteiger partial charge on any atom is -0.352 e. The van der Waals surface area contributed by atoms with Crippen LogP contribution in [0.5, 0.6) is 0 Å². The van der Waals surface area contributed by atoms with Gasteiger partial charge in [0.25, 0.3) is 0 Å². The first-order valence-electron chi connectivity index (χ1n) is 10.3. The lowest BCUT2D eigenvalue weighted by Gasteiger charge is -2.31. The van der Waals surface area contributed by atoms with Crippen LogP contribution in [0.15, 0.2) is 48.5 Å². The molecule has 1 saturated heterocycles. The van der Waals surface area contributed by atoms with Crippen LogP contribution >= 0.6 is 11.6 Å². The summed E-state index contributed by atoms with van der Waals surface area (Å²) in [5.41, 5.74) is 3.73. The molecule has 1 aliphatic rings. The highest BCUT2D eigenvalue weighted by Crippen LogP contribution is 2.21. The second-order valence-corrected chi connectivity index (χ2v) is 8.68. The molecule has 0 saturated carbocycles. The van der Waals surface area contributed by atoms with Crippen molar-refractivity contribution in [2.24, 2.45) is 11.8 Å². The Balaban J connectivity index is 1.42. The molecule has 28 heavy (non-hydrogen) atoms. The van der Waals surface area contributed by atoms with Gasteiger partial charge < -0.3 is 5.32 Å². The van der Waals surface area contributed by atoms with Gasteiger partial charge in [-0.05, 0) is 61.0 Å². The van der Waals surface area contributed by atoms with Crippen molar-refractivity contribution in [3.8, 4) is 0 Å². The van der Waals surface area contributed by atoms with Gasteiger partial charge in [0.2, 0.25) is 5.91 Å². The lowest BCUT2D eigenvalue weighted by Crippen LogP contribution is -2.40. The van der Waals surface area contributed by atoms with Gasteiger partial charge in [-0.2, -0.15) is 0 Å². The number of piperidine rings is 1. The van der Waals surface area contributed by atoms with Crippen LogP contribution in [-0.2, 0) is 24.3 Å². The van der Waals surface area contributed by atoms with Crippen molar-refractivity contribution >= 4 is 17.5 Å². The van der Waals surface area contributed by atoms with E-state index in [9.17, 15) is 4.79 Å². The number of benzene rings is 2. The number of hydrogen-bond donors (Lipinski definition) is 1. The summed E-state index contributed by atoms with van der Waals surface area (Å²) in [7, 11) is 0. The lowest BCUT2D eigenvalue weighted by molar-refractivity contribution is -0.126. The van der Waals surface area contributed by atoms with Crippen LogP contribution in [0.3, 0.4) is 0 Å². The van der Waals surface area contributed by atoms with E-state index >= 15 is 0 Å². The molecule has 1 heterocycles. The van der Waals surface area contributed by atoms with Gasteiger partial charge in [-0.25, -0.2) is 0 Å². The van der Waals surface area contributed by atoms with E-state index in [1.807, 2.05) is 24.3 Å². The fourth-order valence-electron chi connectivity index (χ4n) is 3.83. The average molecular weight is 399 g/mol. The maximum Gasteiger partial charge on any atom is 0.223 e. The molecule has 2 aromatic carbocycles. The minimum atomic E-state index is 0.104. The van der Waals surface area contributed by atoms with E-state index in [1.54, 1.807) is 0 Å². The summed E-state index contributed by atoms with van der Waals surface area (Å²) >= 11 is 6.17. The van der Waals surface area contributed by atoms with Crippen LogP contribution in [0.25, 0.3) is 0 Å². The fraction of sp³-hybridized carbons (Fsp3) is 0.458. The number of rotatable bonds is 7. The van der Waals surface area contributed by atoms with Gasteiger partial charge >= 0.3 is 0 Å². The zero-order chi connectivity index (χ0) is 19.9. The van der Waals surface area contributed by atoms with Crippen LogP contribution in [0, 0.1) is 11.8 Å². The summed E-state index contributed by atoms with van der Waals surface area (Å²) in [4.78, 5) is 15.0. The Morgan fingerprint density at radius 3 is 2.36 bits per heavy atom. The van der Waals surface area contributed by atoms with Gasteiger partial charge in [-0.3, -0.25) is 9.69 Å². The Labute approximate surface area is 174 Å². The molecule has 0 spiro atoms. The first-order valence-corrected chi connectivity index (χ1v) is 10.7. The molecule has 3 rings (SSSR count). The normalized spacial score (nSPS) is 15.7. The quantitative estimate of drug-likeness (QED) is 0.706. The van der Waals surface area contributed by atoms with Crippen LogP contribution in [0.4, 0.5) is 0 Å². The number of amides is 1. The SMILES string of the molecule is CC(C)Cc1ccc(CN2CCC(C(=O)NCc3ccccc3Cl)CC2)cc1. The summed E-state index contributed by atoms with van der Waals surface area (Å²) in [5.74, 6) is 0.943. The Hall–Kier alpha value is -1.84. The smallest absolute Gasteiger partial charge is 0.223 e. The molecule has 0 bridgehead atoms. The second kappa shape index (κ2) is 10.1. The van der Waals surface area contributed by atoms with Crippen LogP contribution < -0.4 is 5.32 Å². The summed E-state index contributed by atoms with van der Waals surface area (Å²) in [6.07, 6.45) is 2.97. The predicted molar refractivity (Wildman–Crippen MR) is 116 cm³/mol. The molecule has 0 radical (unpaired) electrons. The monoisotopic (exact) mass is 398 g/mol. The van der Waals surface area contributed by atoms with Crippen molar-refractivity contribution < 1.29 is 4.79 Å².